The summed E-state index contributed by atoms with van der Waals surface area (Å²) in [6.07, 6.45) is 7.09. The SMILES string of the molecule is CC(N)Cc1cccnc1N1CC2CCCC2C1. The van der Waals surface area contributed by atoms with Crippen molar-refractivity contribution in [2.24, 2.45) is 17.6 Å². The first-order chi connectivity index (χ1) is 8.74. The van der Waals surface area contributed by atoms with Crippen LogP contribution in [0.4, 0.5) is 5.82 Å². The Bertz CT molecular complexity index is 404. The van der Waals surface area contributed by atoms with E-state index in [9.17, 15) is 0 Å². The van der Waals surface area contributed by atoms with Crippen molar-refractivity contribution >= 4 is 5.82 Å². The van der Waals surface area contributed by atoms with Crippen LogP contribution in [0.5, 0.6) is 0 Å². The predicted octanol–water partition coefficient (Wildman–Crippen LogP) is 2.21. The molecule has 0 aromatic carbocycles. The van der Waals surface area contributed by atoms with E-state index in [1.165, 1.54) is 43.7 Å². The topological polar surface area (TPSA) is 42.1 Å². The van der Waals surface area contributed by atoms with E-state index in [0.717, 1.165) is 18.3 Å². The smallest absolute Gasteiger partial charge is 0.131 e. The van der Waals surface area contributed by atoms with E-state index in [0.29, 0.717) is 0 Å². The maximum Gasteiger partial charge on any atom is 0.131 e. The lowest BCUT2D eigenvalue weighted by molar-refractivity contribution is 0.494. The molecular weight excluding hydrogens is 222 g/mol. The minimum absolute atomic E-state index is 0.204. The molecule has 2 aliphatic rings. The molecule has 1 aromatic heterocycles. The van der Waals surface area contributed by atoms with Crippen LogP contribution < -0.4 is 10.6 Å². The van der Waals surface area contributed by atoms with Crippen molar-refractivity contribution < 1.29 is 0 Å². The number of anilines is 1. The van der Waals surface area contributed by atoms with Gasteiger partial charge in [-0.15, -0.1) is 0 Å². The van der Waals surface area contributed by atoms with Crippen molar-refractivity contribution in [3.63, 3.8) is 0 Å². The second kappa shape index (κ2) is 4.88. The lowest BCUT2D eigenvalue weighted by atomic mass is 10.0. The summed E-state index contributed by atoms with van der Waals surface area (Å²) < 4.78 is 0. The third-order valence-electron chi connectivity index (χ3n) is 4.44. The first kappa shape index (κ1) is 12.0. The van der Waals surface area contributed by atoms with Crippen molar-refractivity contribution in [3.05, 3.63) is 23.9 Å². The molecule has 0 bridgehead atoms. The highest BCUT2D eigenvalue weighted by atomic mass is 15.2. The van der Waals surface area contributed by atoms with Crippen LogP contribution in [0.15, 0.2) is 18.3 Å². The lowest BCUT2D eigenvalue weighted by Gasteiger charge is -2.22. The maximum absolute atomic E-state index is 5.94. The van der Waals surface area contributed by atoms with Crippen molar-refractivity contribution in [2.45, 2.75) is 38.6 Å². The van der Waals surface area contributed by atoms with Gasteiger partial charge in [0.15, 0.2) is 0 Å². The fraction of sp³-hybridized carbons (Fsp3) is 0.667. The van der Waals surface area contributed by atoms with Crippen molar-refractivity contribution in [3.8, 4) is 0 Å². The fourth-order valence-corrected chi connectivity index (χ4v) is 3.63. The van der Waals surface area contributed by atoms with Gasteiger partial charge in [-0.2, -0.15) is 0 Å². The van der Waals surface area contributed by atoms with Crippen molar-refractivity contribution in [1.29, 1.82) is 0 Å². The first-order valence-electron chi connectivity index (χ1n) is 7.18. The number of aromatic nitrogens is 1. The summed E-state index contributed by atoms with van der Waals surface area (Å²) in [5.41, 5.74) is 7.25. The molecule has 2 fully saturated rings. The average Bonchev–Trinajstić information content (AvgIpc) is 2.89. The normalized spacial score (nSPS) is 28.4. The Kier molecular flexibility index (Phi) is 3.25. The molecule has 3 atom stereocenters. The summed E-state index contributed by atoms with van der Waals surface area (Å²) >= 11 is 0. The van der Waals surface area contributed by atoms with Gasteiger partial charge in [0.05, 0.1) is 0 Å². The molecule has 98 valence electrons. The zero-order chi connectivity index (χ0) is 12.5. The highest BCUT2D eigenvalue weighted by molar-refractivity contribution is 5.48. The molecule has 2 N–H and O–H groups in total. The van der Waals surface area contributed by atoms with Gasteiger partial charge in [0.1, 0.15) is 5.82 Å². The second-order valence-electron chi connectivity index (χ2n) is 6.02. The molecule has 0 spiro atoms. The van der Waals surface area contributed by atoms with Crippen molar-refractivity contribution in [1.82, 2.24) is 4.98 Å². The highest BCUT2D eigenvalue weighted by Gasteiger charge is 2.37. The Morgan fingerprint density at radius 3 is 2.78 bits per heavy atom. The summed E-state index contributed by atoms with van der Waals surface area (Å²) in [5.74, 6) is 3.01. The quantitative estimate of drug-likeness (QED) is 0.887. The molecule has 2 heterocycles. The number of rotatable bonds is 3. The van der Waals surface area contributed by atoms with E-state index in [1.807, 2.05) is 12.3 Å². The van der Waals surface area contributed by atoms with E-state index in [2.05, 4.69) is 22.9 Å². The Morgan fingerprint density at radius 2 is 2.11 bits per heavy atom. The Balaban J connectivity index is 1.80. The van der Waals surface area contributed by atoms with E-state index < -0.39 is 0 Å². The monoisotopic (exact) mass is 245 g/mol. The largest absolute Gasteiger partial charge is 0.356 e. The molecule has 1 saturated carbocycles. The fourth-order valence-electron chi connectivity index (χ4n) is 3.63. The molecule has 18 heavy (non-hydrogen) atoms. The molecule has 3 nitrogen and oxygen atoms in total. The van der Waals surface area contributed by atoms with E-state index in [-0.39, 0.29) is 6.04 Å². The van der Waals surface area contributed by atoms with Gasteiger partial charge < -0.3 is 10.6 Å². The van der Waals surface area contributed by atoms with Gasteiger partial charge in [-0.05, 0) is 49.7 Å². The Morgan fingerprint density at radius 1 is 1.39 bits per heavy atom. The molecule has 0 amide bonds. The number of pyridine rings is 1. The Labute approximate surface area is 109 Å². The number of hydrogen-bond acceptors (Lipinski definition) is 3. The number of nitrogens with zero attached hydrogens (tertiary/aromatic N) is 2. The number of fused-ring (bicyclic) bond motifs is 1. The van der Waals surface area contributed by atoms with Crippen LogP contribution in [0.1, 0.15) is 31.7 Å². The van der Waals surface area contributed by atoms with Gasteiger partial charge in [0.2, 0.25) is 0 Å². The molecule has 3 rings (SSSR count). The van der Waals surface area contributed by atoms with Crippen LogP contribution in [0.25, 0.3) is 0 Å². The lowest BCUT2D eigenvalue weighted by Crippen LogP contribution is -2.25. The zero-order valence-corrected chi connectivity index (χ0v) is 11.2. The molecule has 3 heteroatoms. The minimum Gasteiger partial charge on any atom is -0.356 e. The summed E-state index contributed by atoms with van der Waals surface area (Å²) in [6, 6.07) is 4.41. The standard InChI is InChI=1S/C15H23N3/c1-11(16)8-12-6-3-7-17-15(12)18-9-13-4-2-5-14(13)10-18/h3,6-7,11,13-14H,2,4-5,8-10,16H2,1H3. The van der Waals surface area contributed by atoms with Crippen molar-refractivity contribution in [2.75, 3.05) is 18.0 Å². The van der Waals surface area contributed by atoms with E-state index >= 15 is 0 Å². The molecular formula is C15H23N3. The maximum atomic E-state index is 5.94. The zero-order valence-electron chi connectivity index (χ0n) is 11.2. The summed E-state index contributed by atoms with van der Waals surface area (Å²) in [7, 11) is 0. The molecule has 3 unspecified atom stereocenters. The van der Waals surface area contributed by atoms with Crippen LogP contribution in [0.3, 0.4) is 0 Å². The summed E-state index contributed by atoms with van der Waals surface area (Å²) in [4.78, 5) is 7.10. The van der Waals surface area contributed by atoms with Crippen LogP contribution >= 0.6 is 0 Å². The van der Waals surface area contributed by atoms with E-state index in [1.54, 1.807) is 0 Å². The third kappa shape index (κ3) is 2.24. The van der Waals surface area contributed by atoms with Crippen LogP contribution in [0, 0.1) is 11.8 Å². The van der Waals surface area contributed by atoms with Crippen LogP contribution in [0.2, 0.25) is 0 Å². The number of nitrogens with two attached hydrogens (primary N) is 1. The second-order valence-corrected chi connectivity index (χ2v) is 6.02. The van der Waals surface area contributed by atoms with Gasteiger partial charge in [-0.3, -0.25) is 0 Å². The Hall–Kier alpha value is -1.09. The molecule has 0 radical (unpaired) electrons. The van der Waals surface area contributed by atoms with Gasteiger partial charge in [0, 0.05) is 25.3 Å². The summed E-state index contributed by atoms with van der Waals surface area (Å²) in [6.45, 7) is 4.47. The first-order valence-corrected chi connectivity index (χ1v) is 7.18. The summed E-state index contributed by atoms with van der Waals surface area (Å²) in [5, 5.41) is 0. The molecule has 1 aromatic rings. The van der Waals surface area contributed by atoms with Gasteiger partial charge in [-0.25, -0.2) is 4.98 Å². The predicted molar refractivity (Wildman–Crippen MR) is 74.6 cm³/mol. The average molecular weight is 245 g/mol. The molecule has 1 aliphatic carbocycles. The van der Waals surface area contributed by atoms with Gasteiger partial charge >= 0.3 is 0 Å². The third-order valence-corrected chi connectivity index (χ3v) is 4.44. The molecule has 1 aliphatic heterocycles. The highest BCUT2D eigenvalue weighted by Crippen LogP contribution is 2.39. The van der Waals surface area contributed by atoms with E-state index in [4.69, 9.17) is 5.73 Å². The van der Waals surface area contributed by atoms with Gasteiger partial charge in [-0.1, -0.05) is 12.5 Å². The van der Waals surface area contributed by atoms with Crippen LogP contribution in [-0.4, -0.2) is 24.1 Å². The number of hydrogen-bond donors (Lipinski definition) is 1. The minimum atomic E-state index is 0.204. The molecule has 1 saturated heterocycles. The van der Waals surface area contributed by atoms with Crippen LogP contribution in [-0.2, 0) is 6.42 Å². The van der Waals surface area contributed by atoms with Gasteiger partial charge in [0.25, 0.3) is 0 Å².